The second-order valence-corrected chi connectivity index (χ2v) is 4.77. The lowest BCUT2D eigenvalue weighted by Gasteiger charge is -2.08. The van der Waals surface area contributed by atoms with E-state index in [4.69, 9.17) is 10.5 Å². The first-order valence-electron chi connectivity index (χ1n) is 6.92. The normalized spacial score (nSPS) is 10.9. The van der Waals surface area contributed by atoms with Crippen LogP contribution in [0.1, 0.15) is 25.3 Å². The van der Waals surface area contributed by atoms with Gasteiger partial charge in [0.25, 0.3) is 0 Å². The molecule has 1 aromatic heterocycles. The van der Waals surface area contributed by atoms with Gasteiger partial charge in [0.2, 0.25) is 0 Å². The first kappa shape index (κ1) is 14.5. The molecule has 0 fully saturated rings. The van der Waals surface area contributed by atoms with Crippen molar-refractivity contribution in [2.24, 2.45) is 0 Å². The van der Waals surface area contributed by atoms with Gasteiger partial charge in [0.05, 0.1) is 13.2 Å². The zero-order chi connectivity index (χ0) is 14.4. The summed E-state index contributed by atoms with van der Waals surface area (Å²) in [7, 11) is 0. The van der Waals surface area contributed by atoms with Crippen LogP contribution in [0.3, 0.4) is 0 Å². The van der Waals surface area contributed by atoms with Crippen molar-refractivity contribution in [1.82, 2.24) is 20.2 Å². The van der Waals surface area contributed by atoms with E-state index < -0.39 is 0 Å². The van der Waals surface area contributed by atoms with Crippen LogP contribution in [-0.4, -0.2) is 33.4 Å². The van der Waals surface area contributed by atoms with Gasteiger partial charge in [-0.2, -0.15) is 0 Å². The minimum atomic E-state index is 0.617. The molecule has 2 rings (SSSR count). The maximum absolute atomic E-state index is 5.77. The number of hydrogen-bond donors (Lipinski definition) is 1. The van der Waals surface area contributed by atoms with Gasteiger partial charge in [0.1, 0.15) is 0 Å². The lowest BCUT2D eigenvalue weighted by molar-refractivity contribution is 0.121. The summed E-state index contributed by atoms with van der Waals surface area (Å²) in [5, 5.41) is 11.9. The topological polar surface area (TPSA) is 78.8 Å². The fraction of sp³-hybridized carbons (Fsp3) is 0.500. The van der Waals surface area contributed by atoms with Gasteiger partial charge in [-0.05, 0) is 47.5 Å². The molecule has 2 aromatic rings. The smallest absolute Gasteiger partial charge is 0.182 e. The van der Waals surface area contributed by atoms with Crippen LogP contribution in [0, 0.1) is 6.92 Å². The van der Waals surface area contributed by atoms with Gasteiger partial charge >= 0.3 is 0 Å². The van der Waals surface area contributed by atoms with Crippen LogP contribution in [0.15, 0.2) is 18.2 Å². The molecule has 0 aliphatic heterocycles. The SMILES string of the molecule is CCCCOCCn1nnnc1-c1ccc(N)cc1C. The summed E-state index contributed by atoms with van der Waals surface area (Å²) in [6, 6.07) is 5.73. The third kappa shape index (κ3) is 3.54. The lowest BCUT2D eigenvalue weighted by Crippen LogP contribution is -2.10. The van der Waals surface area contributed by atoms with Crippen LogP contribution in [0.25, 0.3) is 11.4 Å². The minimum Gasteiger partial charge on any atom is -0.399 e. The Bertz CT molecular complexity index is 552. The number of benzene rings is 1. The highest BCUT2D eigenvalue weighted by Gasteiger charge is 2.11. The summed E-state index contributed by atoms with van der Waals surface area (Å²) in [4.78, 5) is 0. The number of rotatable bonds is 7. The molecule has 0 unspecified atom stereocenters. The van der Waals surface area contributed by atoms with E-state index in [1.165, 1.54) is 0 Å². The van der Waals surface area contributed by atoms with Crippen molar-refractivity contribution in [3.05, 3.63) is 23.8 Å². The van der Waals surface area contributed by atoms with Crippen molar-refractivity contribution in [2.45, 2.75) is 33.2 Å². The fourth-order valence-corrected chi connectivity index (χ4v) is 1.99. The van der Waals surface area contributed by atoms with E-state index in [2.05, 4.69) is 22.4 Å². The Morgan fingerprint density at radius 3 is 2.90 bits per heavy atom. The number of nitrogen functional groups attached to an aromatic ring is 1. The minimum absolute atomic E-state index is 0.617. The maximum atomic E-state index is 5.77. The van der Waals surface area contributed by atoms with Gasteiger partial charge < -0.3 is 10.5 Å². The molecule has 0 saturated carbocycles. The molecule has 0 radical (unpaired) electrons. The van der Waals surface area contributed by atoms with Crippen molar-refractivity contribution in [3.63, 3.8) is 0 Å². The number of hydrogen-bond acceptors (Lipinski definition) is 5. The molecule has 1 aromatic carbocycles. The van der Waals surface area contributed by atoms with Crippen molar-refractivity contribution >= 4 is 5.69 Å². The Labute approximate surface area is 118 Å². The molecule has 0 aliphatic rings. The standard InChI is InChI=1S/C14H21N5O/c1-3-4-8-20-9-7-19-14(16-17-18-19)13-6-5-12(15)10-11(13)2/h5-6,10H,3-4,7-9,15H2,1-2H3. The highest BCUT2D eigenvalue weighted by atomic mass is 16.5. The van der Waals surface area contributed by atoms with Crippen molar-refractivity contribution < 1.29 is 4.74 Å². The lowest BCUT2D eigenvalue weighted by atomic mass is 10.1. The van der Waals surface area contributed by atoms with Crippen molar-refractivity contribution in [1.29, 1.82) is 0 Å². The van der Waals surface area contributed by atoms with Crippen LogP contribution in [0.2, 0.25) is 0 Å². The van der Waals surface area contributed by atoms with Crippen LogP contribution in [-0.2, 0) is 11.3 Å². The van der Waals surface area contributed by atoms with E-state index in [0.29, 0.717) is 13.2 Å². The van der Waals surface area contributed by atoms with E-state index in [-0.39, 0.29) is 0 Å². The largest absolute Gasteiger partial charge is 0.399 e. The third-order valence-corrected chi connectivity index (χ3v) is 3.11. The first-order chi connectivity index (χ1) is 9.72. The summed E-state index contributed by atoms with van der Waals surface area (Å²) < 4.78 is 7.32. The zero-order valence-electron chi connectivity index (χ0n) is 12.0. The number of aromatic nitrogens is 4. The quantitative estimate of drug-likeness (QED) is 0.618. The number of ether oxygens (including phenoxy) is 1. The number of tetrazole rings is 1. The Balaban J connectivity index is 2.04. The van der Waals surface area contributed by atoms with Crippen molar-refractivity contribution in [3.8, 4) is 11.4 Å². The molecular formula is C14H21N5O. The number of anilines is 1. The molecule has 2 N–H and O–H groups in total. The van der Waals surface area contributed by atoms with Crippen LogP contribution < -0.4 is 5.73 Å². The van der Waals surface area contributed by atoms with Gasteiger partial charge in [-0.25, -0.2) is 4.68 Å². The Morgan fingerprint density at radius 2 is 2.15 bits per heavy atom. The monoisotopic (exact) mass is 275 g/mol. The molecule has 0 spiro atoms. The molecule has 6 nitrogen and oxygen atoms in total. The molecule has 0 aliphatic carbocycles. The molecular weight excluding hydrogens is 254 g/mol. The molecule has 1 heterocycles. The molecule has 0 bridgehead atoms. The van der Waals surface area contributed by atoms with Crippen LogP contribution in [0.4, 0.5) is 5.69 Å². The predicted octanol–water partition coefficient (Wildman–Crippen LogP) is 2.05. The molecule has 0 saturated heterocycles. The Kier molecular flexibility index (Phi) is 5.06. The van der Waals surface area contributed by atoms with E-state index >= 15 is 0 Å². The second-order valence-electron chi connectivity index (χ2n) is 4.77. The van der Waals surface area contributed by atoms with E-state index in [0.717, 1.165) is 42.1 Å². The molecule has 0 atom stereocenters. The van der Waals surface area contributed by atoms with Gasteiger partial charge in [-0.15, -0.1) is 5.10 Å². The summed E-state index contributed by atoms with van der Waals surface area (Å²) in [5.74, 6) is 0.751. The van der Waals surface area contributed by atoms with Gasteiger partial charge in [0, 0.05) is 17.9 Å². The predicted molar refractivity (Wildman–Crippen MR) is 78.1 cm³/mol. The summed E-state index contributed by atoms with van der Waals surface area (Å²) in [6.45, 7) is 6.20. The van der Waals surface area contributed by atoms with E-state index in [1.807, 2.05) is 25.1 Å². The molecule has 108 valence electrons. The summed E-state index contributed by atoms with van der Waals surface area (Å²) in [5.41, 5.74) is 8.57. The van der Waals surface area contributed by atoms with Crippen LogP contribution in [0.5, 0.6) is 0 Å². The second kappa shape index (κ2) is 7.00. The Morgan fingerprint density at radius 1 is 1.30 bits per heavy atom. The molecule has 20 heavy (non-hydrogen) atoms. The molecule has 6 heteroatoms. The highest BCUT2D eigenvalue weighted by molar-refractivity contribution is 5.63. The fourth-order valence-electron chi connectivity index (χ4n) is 1.99. The van der Waals surface area contributed by atoms with Gasteiger partial charge in [0.15, 0.2) is 5.82 Å². The first-order valence-corrected chi connectivity index (χ1v) is 6.92. The average molecular weight is 275 g/mol. The Hall–Kier alpha value is -1.95. The van der Waals surface area contributed by atoms with Crippen molar-refractivity contribution in [2.75, 3.05) is 18.9 Å². The third-order valence-electron chi connectivity index (χ3n) is 3.11. The number of unbranched alkanes of at least 4 members (excludes halogenated alkanes) is 1. The van der Waals surface area contributed by atoms with Gasteiger partial charge in [-0.3, -0.25) is 0 Å². The highest BCUT2D eigenvalue weighted by Crippen LogP contribution is 2.22. The maximum Gasteiger partial charge on any atom is 0.182 e. The summed E-state index contributed by atoms with van der Waals surface area (Å²) in [6.07, 6.45) is 2.22. The van der Waals surface area contributed by atoms with E-state index in [1.54, 1.807) is 4.68 Å². The van der Waals surface area contributed by atoms with Gasteiger partial charge in [-0.1, -0.05) is 13.3 Å². The summed E-state index contributed by atoms with van der Waals surface area (Å²) >= 11 is 0. The van der Waals surface area contributed by atoms with E-state index in [9.17, 15) is 0 Å². The average Bonchev–Trinajstić information content (AvgIpc) is 2.87. The zero-order valence-corrected chi connectivity index (χ0v) is 12.0. The number of nitrogens with two attached hydrogens (primary N) is 1. The molecule has 0 amide bonds. The van der Waals surface area contributed by atoms with Crippen LogP contribution >= 0.6 is 0 Å². The number of aryl methyl sites for hydroxylation is 1. The number of nitrogens with zero attached hydrogens (tertiary/aromatic N) is 4.